The normalized spacial score (nSPS) is 20.1. The van der Waals surface area contributed by atoms with Crippen LogP contribution >= 0.6 is 0 Å². The summed E-state index contributed by atoms with van der Waals surface area (Å²) in [7, 11) is 4.91. The van der Waals surface area contributed by atoms with Crippen molar-refractivity contribution >= 4 is 17.5 Å². The molecule has 2 amide bonds. The molecule has 0 bridgehead atoms. The van der Waals surface area contributed by atoms with Crippen LogP contribution in [0.15, 0.2) is 42.5 Å². The molecule has 8 nitrogen and oxygen atoms in total. The van der Waals surface area contributed by atoms with Crippen molar-refractivity contribution in [2.75, 3.05) is 45.9 Å². The van der Waals surface area contributed by atoms with Gasteiger partial charge in [0.1, 0.15) is 12.3 Å². The van der Waals surface area contributed by atoms with Crippen LogP contribution in [0.5, 0.6) is 17.2 Å². The van der Waals surface area contributed by atoms with Crippen LogP contribution in [0.3, 0.4) is 0 Å². The van der Waals surface area contributed by atoms with E-state index in [1.165, 1.54) is 0 Å². The van der Waals surface area contributed by atoms with E-state index in [-0.39, 0.29) is 30.6 Å². The van der Waals surface area contributed by atoms with Crippen LogP contribution in [0, 0.1) is 0 Å². The minimum absolute atomic E-state index is 0.0191. The van der Waals surface area contributed by atoms with Crippen LogP contribution in [0.25, 0.3) is 0 Å². The SMILES string of the molecule is COc1ccc(N(C)C(=O)CN2C[C@H](c3ccc(OC)c(OC4CCCO4)c3)CC2=O)cc1. The average molecular weight is 455 g/mol. The molecule has 1 unspecified atom stereocenters. The minimum atomic E-state index is -0.276. The highest BCUT2D eigenvalue weighted by atomic mass is 16.7. The second kappa shape index (κ2) is 10.1. The molecular weight excluding hydrogens is 424 g/mol. The molecule has 8 heteroatoms. The standard InChI is InChI=1S/C25H30N2O6/c1-26(19-7-9-20(30-2)10-8-19)24(29)16-27-15-18(14-23(27)28)17-6-11-21(31-3)22(13-17)33-25-5-4-12-32-25/h6-11,13,18,25H,4-5,12,14-16H2,1-3H3/t18-,25?/m1/s1. The first-order valence-corrected chi connectivity index (χ1v) is 11.1. The zero-order valence-electron chi connectivity index (χ0n) is 19.3. The Labute approximate surface area is 194 Å². The highest BCUT2D eigenvalue weighted by Gasteiger charge is 2.33. The van der Waals surface area contributed by atoms with Crippen LogP contribution in [0.2, 0.25) is 0 Å². The number of rotatable bonds is 8. The predicted molar refractivity (Wildman–Crippen MR) is 123 cm³/mol. The number of likely N-dealkylation sites (tertiary alicyclic amines) is 1. The van der Waals surface area contributed by atoms with Gasteiger partial charge in [-0.1, -0.05) is 6.07 Å². The van der Waals surface area contributed by atoms with Crippen molar-refractivity contribution in [3.63, 3.8) is 0 Å². The highest BCUT2D eigenvalue weighted by molar-refractivity contribution is 5.96. The fourth-order valence-corrected chi connectivity index (χ4v) is 4.19. The summed E-state index contributed by atoms with van der Waals surface area (Å²) < 4.78 is 22.2. The Morgan fingerprint density at radius 2 is 1.91 bits per heavy atom. The lowest BCUT2D eigenvalue weighted by molar-refractivity contribution is -0.132. The Kier molecular flexibility index (Phi) is 7.03. The molecule has 0 spiro atoms. The number of carbonyl (C=O) groups excluding carboxylic acids is 2. The molecule has 0 aromatic heterocycles. The van der Waals surface area contributed by atoms with E-state index in [1.807, 2.05) is 30.3 Å². The molecule has 2 atom stereocenters. The van der Waals surface area contributed by atoms with Crippen molar-refractivity contribution in [3.05, 3.63) is 48.0 Å². The van der Waals surface area contributed by atoms with E-state index in [0.717, 1.165) is 29.8 Å². The second-order valence-electron chi connectivity index (χ2n) is 8.30. The van der Waals surface area contributed by atoms with E-state index < -0.39 is 0 Å². The zero-order chi connectivity index (χ0) is 23.4. The molecule has 0 N–H and O–H groups in total. The van der Waals surface area contributed by atoms with Gasteiger partial charge in [-0.25, -0.2) is 0 Å². The van der Waals surface area contributed by atoms with Gasteiger partial charge in [0.25, 0.3) is 0 Å². The number of anilines is 1. The smallest absolute Gasteiger partial charge is 0.246 e. The first-order valence-electron chi connectivity index (χ1n) is 11.1. The van der Waals surface area contributed by atoms with E-state index in [1.54, 1.807) is 43.2 Å². The molecule has 2 saturated heterocycles. The number of nitrogens with zero attached hydrogens (tertiary/aromatic N) is 2. The Morgan fingerprint density at radius 3 is 2.58 bits per heavy atom. The van der Waals surface area contributed by atoms with E-state index in [9.17, 15) is 9.59 Å². The predicted octanol–water partition coefficient (Wildman–Crippen LogP) is 3.20. The average Bonchev–Trinajstić information content (AvgIpc) is 3.48. The number of carbonyl (C=O) groups is 2. The molecule has 0 aliphatic carbocycles. The second-order valence-corrected chi connectivity index (χ2v) is 8.30. The molecule has 4 rings (SSSR count). The summed E-state index contributed by atoms with van der Waals surface area (Å²) in [5.41, 5.74) is 1.73. The number of methoxy groups -OCH3 is 2. The Hall–Kier alpha value is -3.26. The van der Waals surface area contributed by atoms with Gasteiger partial charge in [-0.05, 0) is 48.4 Å². The number of amides is 2. The summed E-state index contributed by atoms with van der Waals surface area (Å²) >= 11 is 0. The van der Waals surface area contributed by atoms with E-state index in [4.69, 9.17) is 18.9 Å². The summed E-state index contributed by atoms with van der Waals surface area (Å²) in [4.78, 5) is 28.7. The molecule has 0 saturated carbocycles. The molecule has 2 aliphatic heterocycles. The maximum Gasteiger partial charge on any atom is 0.246 e. The summed E-state index contributed by atoms with van der Waals surface area (Å²) in [6, 6.07) is 13.0. The fraction of sp³-hybridized carbons (Fsp3) is 0.440. The zero-order valence-corrected chi connectivity index (χ0v) is 19.3. The minimum Gasteiger partial charge on any atom is -0.497 e. The van der Waals surface area contributed by atoms with E-state index >= 15 is 0 Å². The lowest BCUT2D eigenvalue weighted by Gasteiger charge is -2.22. The number of likely N-dealkylation sites (N-methyl/N-ethyl adjacent to an activating group) is 1. The number of hydrogen-bond donors (Lipinski definition) is 0. The van der Waals surface area contributed by atoms with Crippen molar-refractivity contribution in [2.24, 2.45) is 0 Å². The number of ether oxygens (including phenoxy) is 4. The largest absolute Gasteiger partial charge is 0.497 e. The molecule has 2 fully saturated rings. The third-order valence-electron chi connectivity index (χ3n) is 6.18. The van der Waals surface area contributed by atoms with Gasteiger partial charge in [0.15, 0.2) is 17.8 Å². The number of benzene rings is 2. The van der Waals surface area contributed by atoms with Gasteiger partial charge in [-0.15, -0.1) is 0 Å². The van der Waals surface area contributed by atoms with Gasteiger partial charge in [-0.2, -0.15) is 0 Å². The van der Waals surface area contributed by atoms with Crippen LogP contribution in [0.1, 0.15) is 30.7 Å². The van der Waals surface area contributed by atoms with Crippen molar-refractivity contribution in [3.8, 4) is 17.2 Å². The first kappa shape index (κ1) is 22.9. The lowest BCUT2D eigenvalue weighted by Crippen LogP contribution is -2.39. The van der Waals surface area contributed by atoms with Gasteiger partial charge in [0.05, 0.1) is 20.8 Å². The van der Waals surface area contributed by atoms with Crippen molar-refractivity contribution < 1.29 is 28.5 Å². The van der Waals surface area contributed by atoms with Gasteiger partial charge in [-0.3, -0.25) is 9.59 Å². The van der Waals surface area contributed by atoms with Crippen LogP contribution in [-0.4, -0.2) is 64.0 Å². The maximum atomic E-state index is 12.8. The summed E-state index contributed by atoms with van der Waals surface area (Å²) in [5.74, 6) is 1.77. The molecular formula is C25H30N2O6. The van der Waals surface area contributed by atoms with Crippen molar-refractivity contribution in [2.45, 2.75) is 31.5 Å². The Balaban J connectivity index is 1.41. The van der Waals surface area contributed by atoms with Crippen LogP contribution in [-0.2, 0) is 14.3 Å². The van der Waals surface area contributed by atoms with Gasteiger partial charge >= 0.3 is 0 Å². The van der Waals surface area contributed by atoms with E-state index in [2.05, 4.69) is 0 Å². The van der Waals surface area contributed by atoms with Gasteiger partial charge in [0.2, 0.25) is 11.8 Å². The third kappa shape index (κ3) is 5.22. The summed E-state index contributed by atoms with van der Waals surface area (Å²) in [6.45, 7) is 1.21. The van der Waals surface area contributed by atoms with E-state index in [0.29, 0.717) is 31.1 Å². The maximum absolute atomic E-state index is 12.8. The molecule has 2 aromatic rings. The van der Waals surface area contributed by atoms with Crippen molar-refractivity contribution in [1.82, 2.24) is 4.90 Å². The third-order valence-corrected chi connectivity index (χ3v) is 6.18. The Bertz CT molecular complexity index is 987. The fourth-order valence-electron chi connectivity index (χ4n) is 4.19. The topological polar surface area (TPSA) is 77.5 Å². The highest BCUT2D eigenvalue weighted by Crippen LogP contribution is 2.36. The van der Waals surface area contributed by atoms with Gasteiger partial charge < -0.3 is 28.7 Å². The van der Waals surface area contributed by atoms with Crippen LogP contribution in [0.4, 0.5) is 5.69 Å². The van der Waals surface area contributed by atoms with Crippen molar-refractivity contribution in [1.29, 1.82) is 0 Å². The summed E-state index contributed by atoms with van der Waals surface area (Å²) in [5, 5.41) is 0. The van der Waals surface area contributed by atoms with Gasteiger partial charge in [0, 0.05) is 38.0 Å². The quantitative estimate of drug-likeness (QED) is 0.610. The molecule has 33 heavy (non-hydrogen) atoms. The monoisotopic (exact) mass is 454 g/mol. The lowest BCUT2D eigenvalue weighted by atomic mass is 9.98. The first-order chi connectivity index (χ1) is 16.0. The Morgan fingerprint density at radius 1 is 1.12 bits per heavy atom. The molecule has 176 valence electrons. The molecule has 0 radical (unpaired) electrons. The molecule has 2 heterocycles. The number of hydrogen-bond acceptors (Lipinski definition) is 6. The summed E-state index contributed by atoms with van der Waals surface area (Å²) in [6.07, 6.45) is 1.89. The molecule has 2 aromatic carbocycles. The van der Waals surface area contributed by atoms with Crippen LogP contribution < -0.4 is 19.1 Å². The molecule has 2 aliphatic rings.